The zero-order valence-corrected chi connectivity index (χ0v) is 51.5. The van der Waals surface area contributed by atoms with Gasteiger partial charge in [0.2, 0.25) is 0 Å². The zero-order chi connectivity index (χ0) is 66.1. The molecule has 0 fully saturated rings. The number of ether oxygens (including phenoxy) is 9. The highest BCUT2D eigenvalue weighted by Gasteiger charge is 2.44. The van der Waals surface area contributed by atoms with Crippen LogP contribution in [0, 0.1) is 0 Å². The summed E-state index contributed by atoms with van der Waals surface area (Å²) in [6.45, 7) is 3.98. The molecule has 93 heavy (non-hydrogen) atoms. The number of esters is 2. The minimum atomic E-state index is -3.89. The van der Waals surface area contributed by atoms with Gasteiger partial charge in [-0.25, -0.2) is 24.5 Å². The molecule has 12 heterocycles. The van der Waals surface area contributed by atoms with E-state index >= 15 is 0 Å². The Morgan fingerprint density at radius 2 is 0.871 bits per heavy atom. The van der Waals surface area contributed by atoms with Crippen LogP contribution in [-0.2, 0) is 39.8 Å². The maximum atomic E-state index is 14.2. The Kier molecular flexibility index (Phi) is 19.3. The Labute approximate surface area is 530 Å². The minimum Gasteiger partial charge on any atom is -0.495 e. The fourth-order valence-electron chi connectivity index (χ4n) is 9.90. The number of halogens is 2. The molecule has 3 amide bonds. The van der Waals surface area contributed by atoms with Crippen LogP contribution >= 0.6 is 0 Å². The van der Waals surface area contributed by atoms with Crippen LogP contribution in [0.5, 0.6) is 40.6 Å². The van der Waals surface area contributed by atoms with Crippen molar-refractivity contribution >= 4 is 46.7 Å². The van der Waals surface area contributed by atoms with Crippen LogP contribution in [0.15, 0.2) is 128 Å². The third-order valence-corrected chi connectivity index (χ3v) is 14.6. The van der Waals surface area contributed by atoms with Crippen molar-refractivity contribution in [1.29, 1.82) is 0 Å². The number of hydrogen-bond donors (Lipinski definition) is 0. The normalized spacial score (nSPS) is 12.7. The fourth-order valence-corrected chi connectivity index (χ4v) is 9.90. The molecule has 3 aliphatic heterocycles. The summed E-state index contributed by atoms with van der Waals surface area (Å²) in [6, 6.07) is 21.4. The van der Waals surface area contributed by atoms with Gasteiger partial charge in [-0.15, -0.1) is 0 Å². The summed E-state index contributed by atoms with van der Waals surface area (Å²) in [5.74, 6) is -3.58. The van der Waals surface area contributed by atoms with E-state index in [0.717, 1.165) is 23.4 Å². The van der Waals surface area contributed by atoms with E-state index in [-0.39, 0.29) is 49.6 Å². The number of carbonyl (C=O) groups excluding carboxylic acids is 5. The number of alkyl halides is 2. The molecule has 0 unspecified atom stereocenters. The van der Waals surface area contributed by atoms with E-state index in [2.05, 4.69) is 49.6 Å². The van der Waals surface area contributed by atoms with E-state index in [1.807, 2.05) is 0 Å². The molecule has 0 aromatic carbocycles. The number of rotatable bonds is 18. The Balaban J connectivity index is 0.000000153. The van der Waals surface area contributed by atoms with Crippen LogP contribution in [-0.4, -0.2) is 137 Å². The average molecular weight is 1270 g/mol. The first kappa shape index (κ1) is 64.2. The Morgan fingerprint density at radius 3 is 1.26 bits per heavy atom. The van der Waals surface area contributed by atoms with E-state index in [1.54, 1.807) is 124 Å². The van der Waals surface area contributed by atoms with Crippen LogP contribution in [0.3, 0.4) is 0 Å². The summed E-state index contributed by atoms with van der Waals surface area (Å²) in [7, 11) is 10.7. The lowest BCUT2D eigenvalue weighted by atomic mass is 10.1. The Hall–Kier alpha value is -11.8. The average Bonchev–Trinajstić information content (AvgIpc) is 1.67. The van der Waals surface area contributed by atoms with Crippen LogP contribution in [0.2, 0.25) is 0 Å². The number of nitrogens with zero attached hydrogens (tertiary/aromatic N) is 12. The van der Waals surface area contributed by atoms with Gasteiger partial charge in [-0.1, -0.05) is 0 Å². The van der Waals surface area contributed by atoms with Gasteiger partial charge in [0.1, 0.15) is 11.4 Å². The predicted molar refractivity (Wildman–Crippen MR) is 329 cm³/mol. The van der Waals surface area contributed by atoms with Gasteiger partial charge in [-0.3, -0.25) is 44.3 Å². The quantitative estimate of drug-likeness (QED) is 0.0724. The van der Waals surface area contributed by atoms with Crippen LogP contribution in [0.1, 0.15) is 78.1 Å². The monoisotopic (exact) mass is 1270 g/mol. The van der Waals surface area contributed by atoms with Gasteiger partial charge >= 0.3 is 17.9 Å². The second-order valence-corrected chi connectivity index (χ2v) is 20.0. The van der Waals surface area contributed by atoms with Crippen molar-refractivity contribution in [3.8, 4) is 74.4 Å². The molecule has 476 valence electrons. The van der Waals surface area contributed by atoms with E-state index in [0.29, 0.717) is 121 Å². The molecule has 0 bridgehead atoms. The van der Waals surface area contributed by atoms with Crippen LogP contribution < -0.4 is 47.9 Å². The number of hydrogen-bond acceptors (Lipinski definition) is 23. The first-order chi connectivity index (χ1) is 45.0. The molecular weight excluding hydrogens is 1210 g/mol. The van der Waals surface area contributed by atoms with Gasteiger partial charge in [-0.05, 0) is 86.6 Å². The largest absolute Gasteiger partial charge is 0.495 e. The molecule has 3 aliphatic rings. The minimum absolute atomic E-state index is 0.116. The number of anilines is 3. The number of methoxy groups -OCH3 is 7. The van der Waals surface area contributed by atoms with Gasteiger partial charge in [0.25, 0.3) is 35.4 Å². The SMILES string of the molecule is CCOC(=O)C(F)(F)c1ccc(N2Cc3nc(-c4cnc(OC)c(OC)c4)ccc3C2=O)cn1.CCOC(=O)c1cncc(N2Cc3nc(-c4cnc(OC)c(OC)c4)ccc3C2=O)c1.COc1cncc(N2Cc3nc(-c4cnc(OC)c(OC)c4)ccc3C2=O)c1. The van der Waals surface area contributed by atoms with Crippen LogP contribution in [0.4, 0.5) is 25.8 Å². The third kappa shape index (κ3) is 13.3. The number of carbonyl (C=O) groups is 5. The summed E-state index contributed by atoms with van der Waals surface area (Å²) in [5, 5.41) is 0. The van der Waals surface area contributed by atoms with Crippen molar-refractivity contribution in [2.24, 2.45) is 0 Å². The van der Waals surface area contributed by atoms with Gasteiger partial charge in [0, 0.05) is 47.5 Å². The molecule has 9 aromatic heterocycles. The maximum Gasteiger partial charge on any atom is 0.384 e. The molecule has 0 saturated carbocycles. The first-order valence-corrected chi connectivity index (χ1v) is 28.3. The number of fused-ring (bicyclic) bond motifs is 3. The lowest BCUT2D eigenvalue weighted by Gasteiger charge is -2.17. The lowest BCUT2D eigenvalue weighted by Crippen LogP contribution is -2.29. The van der Waals surface area contributed by atoms with Gasteiger partial charge in [0.15, 0.2) is 17.2 Å². The standard InChI is InChI=1S/C23H20F2N4O5.C22H20N4O5.C20H18N4O4/c1-4-34-22(31)23(24,25)19-8-5-14(11-26-19)29-12-17-15(21(29)30)6-7-16(28-17)13-9-18(32-2)20(33-3)27-10-13;1-4-31-22(28)14-7-15(11-23-9-14)26-12-18-16(21(26)27)5-6-17(25-18)13-8-19(29-2)20(30-3)24-10-13;1-26-14-7-13(9-21-10-14)24-11-17-15(20(24)25)4-5-16(23-17)12-6-18(27-2)19(28-3)22-8-12/h5-11H,4,12H2,1-3H3;5-11H,4,12H2,1-3H3;4-10H,11H2,1-3H3. The van der Waals surface area contributed by atoms with Crippen molar-refractivity contribution < 1.29 is 75.4 Å². The van der Waals surface area contributed by atoms with E-state index in [4.69, 9.17) is 37.9 Å². The molecule has 0 N–H and O–H groups in total. The molecule has 12 rings (SSSR count). The molecule has 0 saturated heterocycles. The maximum absolute atomic E-state index is 14.2. The van der Waals surface area contributed by atoms with E-state index in [1.165, 1.54) is 70.7 Å². The highest BCUT2D eigenvalue weighted by atomic mass is 19.3. The van der Waals surface area contributed by atoms with Crippen molar-refractivity contribution in [2.75, 3.05) is 77.7 Å². The van der Waals surface area contributed by atoms with Gasteiger partial charge < -0.3 is 57.3 Å². The second kappa shape index (κ2) is 27.9. The van der Waals surface area contributed by atoms with Crippen LogP contribution in [0.25, 0.3) is 33.8 Å². The van der Waals surface area contributed by atoms with E-state index < -0.39 is 23.6 Å². The lowest BCUT2D eigenvalue weighted by molar-refractivity contribution is -0.173. The summed E-state index contributed by atoms with van der Waals surface area (Å²) in [6.07, 6.45) is 12.2. The number of aromatic nitrogens is 9. The summed E-state index contributed by atoms with van der Waals surface area (Å²) in [5.41, 5.74) is 8.36. The van der Waals surface area contributed by atoms with E-state index in [9.17, 15) is 32.8 Å². The summed E-state index contributed by atoms with van der Waals surface area (Å²) < 4.78 is 74.4. The van der Waals surface area contributed by atoms with Gasteiger partial charge in [0.05, 0.1) is 181 Å². The molecule has 26 nitrogen and oxygen atoms in total. The first-order valence-electron chi connectivity index (χ1n) is 28.3. The second-order valence-electron chi connectivity index (χ2n) is 20.0. The summed E-state index contributed by atoms with van der Waals surface area (Å²) in [4.78, 5) is 105. The van der Waals surface area contributed by atoms with Gasteiger partial charge in [-0.2, -0.15) is 8.78 Å². The molecule has 28 heteroatoms. The third-order valence-electron chi connectivity index (χ3n) is 14.6. The fraction of sp³-hybridized carbons (Fsp3) is 0.231. The topological polar surface area (TPSA) is 294 Å². The Bertz CT molecular complexity index is 4340. The molecule has 9 aromatic rings. The molecular formula is C65H58F2N12O14. The number of amides is 3. The van der Waals surface area contributed by atoms with Crippen molar-refractivity contribution in [3.63, 3.8) is 0 Å². The van der Waals surface area contributed by atoms with Crippen molar-refractivity contribution in [2.45, 2.75) is 39.4 Å². The smallest absolute Gasteiger partial charge is 0.384 e. The molecule has 0 aliphatic carbocycles. The Morgan fingerprint density at radius 1 is 0.452 bits per heavy atom. The number of pyridine rings is 9. The zero-order valence-electron chi connectivity index (χ0n) is 51.5. The molecule has 0 atom stereocenters. The highest BCUT2D eigenvalue weighted by molar-refractivity contribution is 6.11. The summed E-state index contributed by atoms with van der Waals surface area (Å²) >= 11 is 0. The highest BCUT2D eigenvalue weighted by Crippen LogP contribution is 2.38. The van der Waals surface area contributed by atoms with Crippen molar-refractivity contribution in [3.05, 3.63) is 173 Å². The molecule has 0 spiro atoms. The molecule has 0 radical (unpaired) electrons. The predicted octanol–water partition coefficient (Wildman–Crippen LogP) is 8.99. The van der Waals surface area contributed by atoms with Crippen molar-refractivity contribution in [1.82, 2.24) is 44.9 Å².